The van der Waals surface area contributed by atoms with E-state index in [0.717, 1.165) is 31.9 Å². The second-order valence-electron chi connectivity index (χ2n) is 12.1. The molecule has 42 heavy (non-hydrogen) atoms. The highest BCUT2D eigenvalue weighted by Crippen LogP contribution is 2.33. The molecule has 0 aromatic heterocycles. The summed E-state index contributed by atoms with van der Waals surface area (Å²) in [6.45, 7) is 4.56. The number of sulfone groups is 1. The van der Waals surface area contributed by atoms with Crippen LogP contribution in [0.15, 0.2) is 29.2 Å². The maximum absolute atomic E-state index is 13.7. The predicted molar refractivity (Wildman–Crippen MR) is 154 cm³/mol. The lowest BCUT2D eigenvalue weighted by molar-refractivity contribution is -0.135. The van der Waals surface area contributed by atoms with E-state index in [2.05, 4.69) is 16.0 Å². The highest BCUT2D eigenvalue weighted by Gasteiger charge is 2.50. The monoisotopic (exact) mass is 605 g/mol. The lowest BCUT2D eigenvalue weighted by atomic mass is 9.90. The number of amides is 3. The fourth-order valence-electron chi connectivity index (χ4n) is 5.67. The van der Waals surface area contributed by atoms with Crippen molar-refractivity contribution in [3.8, 4) is 0 Å². The largest absolute Gasteiger partial charge is 0.381 e. The Labute approximate surface area is 247 Å². The molecule has 232 valence electrons. The van der Waals surface area contributed by atoms with Gasteiger partial charge in [-0.15, -0.1) is 0 Å². The number of Topliss-reactive ketones (excluding diaryl/α,β-unsaturated/α-hetero) is 1. The number of benzene rings is 1. The summed E-state index contributed by atoms with van der Waals surface area (Å²) in [5.74, 6) is -1.41. The van der Waals surface area contributed by atoms with Crippen molar-refractivity contribution in [2.75, 3.05) is 26.1 Å². The van der Waals surface area contributed by atoms with Gasteiger partial charge in [0.15, 0.2) is 15.6 Å². The SMILES string of the molecule is C[C@@H](NC(=O)C1CCOCC1)C(=O)N[C@@H](Cc1ccc(S(C)(=O)=O)cc1)C(=O)N[C@@H](CC1CCCC1)C(=O)[C@@]1(C)CO1. The molecule has 0 radical (unpaired) electrons. The summed E-state index contributed by atoms with van der Waals surface area (Å²) in [5, 5.41) is 8.40. The van der Waals surface area contributed by atoms with E-state index < -0.39 is 45.4 Å². The van der Waals surface area contributed by atoms with E-state index in [4.69, 9.17) is 9.47 Å². The predicted octanol–water partition coefficient (Wildman–Crippen LogP) is 1.47. The van der Waals surface area contributed by atoms with Crippen molar-refractivity contribution in [1.29, 1.82) is 0 Å². The first-order valence-corrected chi connectivity index (χ1v) is 16.7. The van der Waals surface area contributed by atoms with Crippen LogP contribution < -0.4 is 16.0 Å². The van der Waals surface area contributed by atoms with Crippen LogP contribution in [0.25, 0.3) is 0 Å². The third kappa shape index (κ3) is 8.61. The fourth-order valence-corrected chi connectivity index (χ4v) is 6.30. The Hall–Kier alpha value is -2.83. The average Bonchev–Trinajstić information content (AvgIpc) is 3.50. The molecule has 2 heterocycles. The van der Waals surface area contributed by atoms with Crippen LogP contribution >= 0.6 is 0 Å². The van der Waals surface area contributed by atoms with Crippen molar-refractivity contribution in [2.45, 2.75) is 93.8 Å². The van der Waals surface area contributed by atoms with Crippen molar-refractivity contribution in [3.63, 3.8) is 0 Å². The number of nitrogens with one attached hydrogen (secondary N) is 3. The molecule has 2 aliphatic heterocycles. The lowest BCUT2D eigenvalue weighted by Crippen LogP contribution is -2.57. The van der Waals surface area contributed by atoms with E-state index in [1.807, 2.05) is 0 Å². The highest BCUT2D eigenvalue weighted by molar-refractivity contribution is 7.90. The number of carbonyl (C=O) groups excluding carboxylic acids is 4. The van der Waals surface area contributed by atoms with Crippen molar-refractivity contribution in [3.05, 3.63) is 29.8 Å². The topological polar surface area (TPSA) is 160 Å². The lowest BCUT2D eigenvalue weighted by Gasteiger charge is -2.27. The van der Waals surface area contributed by atoms with Crippen molar-refractivity contribution in [2.24, 2.45) is 11.8 Å². The maximum atomic E-state index is 13.7. The van der Waals surface area contributed by atoms with Crippen molar-refractivity contribution >= 4 is 33.3 Å². The normalized spacial score (nSPS) is 23.4. The van der Waals surface area contributed by atoms with Crippen molar-refractivity contribution in [1.82, 2.24) is 16.0 Å². The Balaban J connectivity index is 1.49. The molecule has 1 aliphatic carbocycles. The summed E-state index contributed by atoms with van der Waals surface area (Å²) < 4.78 is 34.5. The van der Waals surface area contributed by atoms with E-state index in [1.54, 1.807) is 26.0 Å². The molecule has 12 heteroatoms. The van der Waals surface area contributed by atoms with E-state index in [1.165, 1.54) is 12.1 Å². The number of ether oxygens (including phenoxy) is 2. The van der Waals surface area contributed by atoms with Gasteiger partial charge in [0.1, 0.15) is 17.7 Å². The van der Waals surface area contributed by atoms with Crippen LogP contribution in [0.3, 0.4) is 0 Å². The zero-order valence-electron chi connectivity index (χ0n) is 24.6. The first-order chi connectivity index (χ1) is 19.9. The number of hydrogen-bond donors (Lipinski definition) is 3. The summed E-state index contributed by atoms with van der Waals surface area (Å²) in [4.78, 5) is 53.1. The van der Waals surface area contributed by atoms with E-state index >= 15 is 0 Å². The smallest absolute Gasteiger partial charge is 0.243 e. The molecule has 4 atom stereocenters. The van der Waals surface area contributed by atoms with Gasteiger partial charge in [0.25, 0.3) is 0 Å². The molecule has 3 N–H and O–H groups in total. The van der Waals surface area contributed by atoms with Crippen LogP contribution in [-0.4, -0.2) is 81.7 Å². The molecule has 3 aliphatic rings. The van der Waals surface area contributed by atoms with Gasteiger partial charge in [-0.2, -0.15) is 0 Å². The molecule has 0 spiro atoms. The van der Waals surface area contributed by atoms with Gasteiger partial charge in [-0.25, -0.2) is 8.42 Å². The Morgan fingerprint density at radius 2 is 1.52 bits per heavy atom. The molecule has 1 saturated carbocycles. The number of hydrogen-bond acceptors (Lipinski definition) is 8. The molecule has 3 fully saturated rings. The van der Waals surface area contributed by atoms with Gasteiger partial charge in [0.05, 0.1) is 17.5 Å². The molecule has 1 aromatic carbocycles. The molecular weight excluding hydrogens is 562 g/mol. The Kier molecular flexibility index (Phi) is 10.4. The molecular formula is C30H43N3O8S. The van der Waals surface area contributed by atoms with Gasteiger partial charge >= 0.3 is 0 Å². The van der Waals surface area contributed by atoms with Crippen LogP contribution in [0.2, 0.25) is 0 Å². The average molecular weight is 606 g/mol. The molecule has 1 aromatic rings. The number of ketones is 1. The Morgan fingerprint density at radius 3 is 2.10 bits per heavy atom. The third-order valence-corrected chi connectivity index (χ3v) is 9.67. The minimum atomic E-state index is -3.41. The summed E-state index contributed by atoms with van der Waals surface area (Å²) >= 11 is 0. The second-order valence-corrected chi connectivity index (χ2v) is 14.1. The molecule has 11 nitrogen and oxygen atoms in total. The second kappa shape index (κ2) is 13.6. The fraction of sp³-hybridized carbons (Fsp3) is 0.667. The third-order valence-electron chi connectivity index (χ3n) is 8.54. The first-order valence-electron chi connectivity index (χ1n) is 14.8. The van der Waals surface area contributed by atoms with E-state index in [0.29, 0.717) is 50.6 Å². The molecule has 0 unspecified atom stereocenters. The minimum absolute atomic E-state index is 0.0559. The summed E-state index contributed by atoms with van der Waals surface area (Å²) in [5.41, 5.74) is -0.294. The van der Waals surface area contributed by atoms with Crippen LogP contribution in [0.4, 0.5) is 0 Å². The van der Waals surface area contributed by atoms with Crippen LogP contribution in [0.1, 0.15) is 64.4 Å². The van der Waals surface area contributed by atoms with Gasteiger partial charge in [-0.05, 0) is 56.7 Å². The minimum Gasteiger partial charge on any atom is -0.381 e. The van der Waals surface area contributed by atoms with Gasteiger partial charge in [0.2, 0.25) is 17.7 Å². The van der Waals surface area contributed by atoms with Gasteiger partial charge in [-0.3, -0.25) is 19.2 Å². The number of rotatable bonds is 13. The standard InChI is InChI=1S/C30H43N3O8S/c1-19(31-28(36)22-12-14-40-15-13-22)27(35)33-25(17-21-8-10-23(11-9-21)42(3,38)39)29(37)32-24(16-20-6-4-5-7-20)26(34)30(2)18-41-30/h8-11,19-20,22,24-25H,4-7,12-18H2,1-3H3,(H,31,36)(H,32,37)(H,33,35)/t19-,24+,25+,30-/m1/s1. The van der Waals surface area contributed by atoms with Gasteiger partial charge < -0.3 is 25.4 Å². The zero-order valence-corrected chi connectivity index (χ0v) is 25.5. The molecule has 2 saturated heterocycles. The van der Waals surface area contributed by atoms with Crippen LogP contribution in [0, 0.1) is 11.8 Å². The zero-order chi connectivity index (χ0) is 30.5. The molecule has 0 bridgehead atoms. The van der Waals surface area contributed by atoms with Gasteiger partial charge in [0, 0.05) is 31.8 Å². The summed E-state index contributed by atoms with van der Waals surface area (Å²) in [6, 6.07) is 3.37. The Morgan fingerprint density at radius 1 is 0.929 bits per heavy atom. The Bertz CT molecular complexity index is 1250. The number of carbonyl (C=O) groups is 4. The first kappa shape index (κ1) is 32.1. The quantitative estimate of drug-likeness (QED) is 0.285. The van der Waals surface area contributed by atoms with Crippen LogP contribution in [-0.2, 0) is 44.9 Å². The molecule has 4 rings (SSSR count). The summed E-state index contributed by atoms with van der Waals surface area (Å²) in [6.07, 6.45) is 7.00. The highest BCUT2D eigenvalue weighted by atomic mass is 32.2. The van der Waals surface area contributed by atoms with Crippen LogP contribution in [0.5, 0.6) is 0 Å². The van der Waals surface area contributed by atoms with E-state index in [9.17, 15) is 27.6 Å². The maximum Gasteiger partial charge on any atom is 0.243 e. The van der Waals surface area contributed by atoms with Crippen molar-refractivity contribution < 1.29 is 37.1 Å². The molecule has 3 amide bonds. The summed E-state index contributed by atoms with van der Waals surface area (Å²) in [7, 11) is -3.41. The number of epoxide rings is 1. The van der Waals surface area contributed by atoms with Gasteiger partial charge in [-0.1, -0.05) is 37.8 Å². The van der Waals surface area contributed by atoms with E-state index in [-0.39, 0.29) is 28.9 Å².